The number of carbonyl (C=O) groups is 3. The van der Waals surface area contributed by atoms with Crippen molar-refractivity contribution in [2.45, 2.75) is 19.1 Å². The van der Waals surface area contributed by atoms with Gasteiger partial charge in [-0.25, -0.2) is 9.79 Å². The average molecular weight is 371 g/mol. The fourth-order valence-electron chi connectivity index (χ4n) is 3.82. The zero-order chi connectivity index (χ0) is 19.3. The number of likely N-dealkylation sites (N-methyl/N-ethyl adjacent to an activating group) is 1. The second-order valence-corrected chi connectivity index (χ2v) is 6.87. The molecule has 3 heterocycles. The Hall–Kier alpha value is -3.10. The maximum absolute atomic E-state index is 13.0. The minimum Gasteiger partial charge on any atom is -0.468 e. The fraction of sp³-hybridized carbons (Fsp3) is 0.444. The number of hydrogen-bond donors (Lipinski definition) is 0. The molecule has 2 saturated heterocycles. The third kappa shape index (κ3) is 2.61. The van der Waals surface area contributed by atoms with E-state index in [1.54, 1.807) is 7.05 Å². The average Bonchev–Trinajstić information content (AvgIpc) is 3.22. The van der Waals surface area contributed by atoms with Crippen LogP contribution in [0.3, 0.4) is 0 Å². The van der Waals surface area contributed by atoms with Crippen molar-refractivity contribution in [1.82, 2.24) is 14.7 Å². The Morgan fingerprint density at radius 1 is 1.30 bits per heavy atom. The molecule has 3 aliphatic heterocycles. The van der Waals surface area contributed by atoms with Gasteiger partial charge in [0.15, 0.2) is 12.2 Å². The fourth-order valence-corrected chi connectivity index (χ4v) is 3.82. The van der Waals surface area contributed by atoms with E-state index >= 15 is 0 Å². The minimum atomic E-state index is -0.634. The molecule has 3 aliphatic rings. The van der Waals surface area contributed by atoms with Gasteiger partial charge in [-0.3, -0.25) is 14.5 Å². The van der Waals surface area contributed by atoms with Gasteiger partial charge in [-0.1, -0.05) is 12.1 Å². The van der Waals surface area contributed by atoms with Crippen molar-refractivity contribution in [3.05, 3.63) is 29.8 Å². The summed E-state index contributed by atoms with van der Waals surface area (Å²) in [5, 5.41) is 0. The summed E-state index contributed by atoms with van der Waals surface area (Å²) < 4.78 is 4.61. The largest absolute Gasteiger partial charge is 0.468 e. The van der Waals surface area contributed by atoms with Crippen molar-refractivity contribution in [2.24, 2.45) is 4.99 Å². The van der Waals surface area contributed by atoms with Gasteiger partial charge < -0.3 is 19.4 Å². The molecule has 0 saturated carbocycles. The van der Waals surface area contributed by atoms with E-state index in [9.17, 15) is 14.4 Å². The highest BCUT2D eigenvalue weighted by Crippen LogP contribution is 2.33. The molecule has 2 unspecified atom stereocenters. The lowest BCUT2D eigenvalue weighted by molar-refractivity contribution is -0.148. The van der Waals surface area contributed by atoms with Gasteiger partial charge >= 0.3 is 12.0 Å². The Kier molecular flexibility index (Phi) is 4.01. The van der Waals surface area contributed by atoms with Gasteiger partial charge in [-0.2, -0.15) is 0 Å². The molecule has 2 fully saturated rings. The Morgan fingerprint density at radius 2 is 2.07 bits per heavy atom. The number of aryl methyl sites for hydroxylation is 1. The van der Waals surface area contributed by atoms with Crippen molar-refractivity contribution >= 4 is 29.6 Å². The molecule has 4 rings (SSSR count). The molecule has 0 spiro atoms. The topological polar surface area (TPSA) is 85.8 Å². The molecule has 3 amide bonds. The van der Waals surface area contributed by atoms with Crippen molar-refractivity contribution in [1.29, 1.82) is 0 Å². The number of fused-ring (bicyclic) bond motifs is 3. The number of anilines is 1. The highest BCUT2D eigenvalue weighted by atomic mass is 16.5. The zero-order valence-corrected chi connectivity index (χ0v) is 15.5. The predicted molar refractivity (Wildman–Crippen MR) is 97.1 cm³/mol. The van der Waals surface area contributed by atoms with E-state index in [1.165, 1.54) is 12.0 Å². The lowest BCUT2D eigenvalue weighted by atomic mass is 10.1. The second-order valence-electron chi connectivity index (χ2n) is 6.87. The number of guanidine groups is 1. The van der Waals surface area contributed by atoms with E-state index in [1.807, 2.05) is 30.0 Å². The normalized spacial score (nSPS) is 24.2. The first kappa shape index (κ1) is 17.3. The van der Waals surface area contributed by atoms with Crippen molar-refractivity contribution in [2.75, 3.05) is 38.7 Å². The molecule has 9 nitrogen and oxygen atoms in total. The number of rotatable bonds is 3. The summed E-state index contributed by atoms with van der Waals surface area (Å²) in [5.41, 5.74) is 2.14. The van der Waals surface area contributed by atoms with Crippen LogP contribution in [0.15, 0.2) is 29.3 Å². The maximum atomic E-state index is 13.0. The van der Waals surface area contributed by atoms with Gasteiger partial charge in [0, 0.05) is 25.8 Å². The quantitative estimate of drug-likeness (QED) is 0.708. The highest BCUT2D eigenvalue weighted by Gasteiger charge is 2.54. The van der Waals surface area contributed by atoms with Crippen LogP contribution in [0.2, 0.25) is 0 Å². The number of methoxy groups -OCH3 is 1. The molecule has 1 aromatic carbocycles. The first-order valence-electron chi connectivity index (χ1n) is 8.76. The number of aliphatic imine (C=N–C) groups is 1. The number of esters is 1. The number of urea groups is 1. The van der Waals surface area contributed by atoms with Crippen molar-refractivity contribution in [3.63, 3.8) is 0 Å². The van der Waals surface area contributed by atoms with Crippen LogP contribution in [0.4, 0.5) is 10.5 Å². The number of imide groups is 1. The predicted octanol–water partition coefficient (Wildman–Crippen LogP) is 0.248. The lowest BCUT2D eigenvalue weighted by Gasteiger charge is -2.40. The molecule has 1 aromatic rings. The standard InChI is InChI=1S/C18H21N5O4/c1-11-5-4-6-12(9-11)21-7-8-22-14-15(19-17(21)22)20(2)18(26)23(16(14)25)10-13(24)27-3/h4-6,9,14-15H,7-8,10H2,1-3H3. The molecule has 9 heteroatoms. The minimum absolute atomic E-state index is 0.396. The SMILES string of the molecule is COC(=O)CN1C(=O)C2C(N=C3N(c4cccc(C)c4)CCN32)N(C)C1=O. The van der Waals surface area contributed by atoms with Gasteiger partial charge in [0.25, 0.3) is 5.91 Å². The number of hydrogen-bond acceptors (Lipinski definition) is 7. The smallest absolute Gasteiger partial charge is 0.328 e. The van der Waals surface area contributed by atoms with Crippen LogP contribution in [0.25, 0.3) is 0 Å². The molecule has 2 atom stereocenters. The van der Waals surface area contributed by atoms with Gasteiger partial charge in [-0.05, 0) is 24.6 Å². The maximum Gasteiger partial charge on any atom is 0.328 e. The van der Waals surface area contributed by atoms with E-state index in [2.05, 4.69) is 20.7 Å². The summed E-state index contributed by atoms with van der Waals surface area (Å²) in [6.45, 7) is 2.95. The number of ether oxygens (including phenoxy) is 1. The van der Waals surface area contributed by atoms with Gasteiger partial charge in [0.1, 0.15) is 6.54 Å². The molecule has 27 heavy (non-hydrogen) atoms. The molecular weight excluding hydrogens is 350 g/mol. The molecule has 0 N–H and O–H groups in total. The van der Waals surface area contributed by atoms with Crippen molar-refractivity contribution < 1.29 is 19.1 Å². The summed E-state index contributed by atoms with van der Waals surface area (Å²) in [4.78, 5) is 48.2. The Bertz CT molecular complexity index is 854. The van der Waals surface area contributed by atoms with E-state index in [4.69, 9.17) is 0 Å². The van der Waals surface area contributed by atoms with Crippen LogP contribution in [0.5, 0.6) is 0 Å². The number of carbonyl (C=O) groups excluding carboxylic acids is 3. The summed E-state index contributed by atoms with van der Waals surface area (Å²) in [5.74, 6) is -0.368. The highest BCUT2D eigenvalue weighted by molar-refractivity contribution is 6.08. The third-order valence-corrected chi connectivity index (χ3v) is 5.21. The van der Waals surface area contributed by atoms with E-state index < -0.39 is 36.7 Å². The molecule has 0 aliphatic carbocycles. The first-order chi connectivity index (χ1) is 12.9. The van der Waals surface area contributed by atoms with Crippen molar-refractivity contribution in [3.8, 4) is 0 Å². The van der Waals surface area contributed by atoms with E-state index in [0.29, 0.717) is 19.0 Å². The third-order valence-electron chi connectivity index (χ3n) is 5.21. The van der Waals surface area contributed by atoms with Crippen LogP contribution in [0.1, 0.15) is 5.56 Å². The zero-order valence-electron chi connectivity index (χ0n) is 15.5. The Labute approximate surface area is 156 Å². The Morgan fingerprint density at radius 3 is 2.78 bits per heavy atom. The molecule has 142 valence electrons. The van der Waals surface area contributed by atoms with E-state index in [-0.39, 0.29) is 0 Å². The number of amides is 3. The second kappa shape index (κ2) is 6.26. The van der Waals surface area contributed by atoms with Crippen LogP contribution in [-0.4, -0.2) is 84.6 Å². The summed E-state index contributed by atoms with van der Waals surface area (Å²) in [6.07, 6.45) is -0.596. The molecule has 0 bridgehead atoms. The van der Waals surface area contributed by atoms with Gasteiger partial charge in [-0.15, -0.1) is 0 Å². The lowest BCUT2D eigenvalue weighted by Crippen LogP contribution is -2.65. The van der Waals surface area contributed by atoms with Crippen LogP contribution < -0.4 is 4.90 Å². The summed E-state index contributed by atoms with van der Waals surface area (Å²) in [6, 6.07) is 6.90. The number of benzene rings is 1. The monoisotopic (exact) mass is 371 g/mol. The molecule has 0 radical (unpaired) electrons. The van der Waals surface area contributed by atoms with E-state index in [0.717, 1.165) is 16.2 Å². The van der Waals surface area contributed by atoms with Crippen LogP contribution >= 0.6 is 0 Å². The Balaban J connectivity index is 1.65. The number of nitrogens with zero attached hydrogens (tertiary/aromatic N) is 5. The summed E-state index contributed by atoms with van der Waals surface area (Å²) >= 11 is 0. The van der Waals surface area contributed by atoms with Gasteiger partial charge in [0.05, 0.1) is 7.11 Å². The summed E-state index contributed by atoms with van der Waals surface area (Å²) in [7, 11) is 2.82. The molecular formula is C18H21N5O4. The van der Waals surface area contributed by atoms with Gasteiger partial charge in [0.2, 0.25) is 5.96 Å². The van der Waals surface area contributed by atoms with Crippen LogP contribution in [-0.2, 0) is 14.3 Å². The first-order valence-corrected chi connectivity index (χ1v) is 8.76. The van der Waals surface area contributed by atoms with Crippen LogP contribution in [0, 0.1) is 6.92 Å². The molecule has 0 aromatic heterocycles.